The van der Waals surface area contributed by atoms with Crippen LogP contribution in [0, 0.1) is 0 Å². The number of hydrogen-bond acceptors (Lipinski definition) is 5. The van der Waals surface area contributed by atoms with Crippen LogP contribution < -0.4 is 15.6 Å². The van der Waals surface area contributed by atoms with E-state index in [0.29, 0.717) is 13.0 Å². The fourth-order valence-electron chi connectivity index (χ4n) is 5.45. The summed E-state index contributed by atoms with van der Waals surface area (Å²) in [5, 5.41) is 0. The molecule has 0 bridgehead atoms. The molecule has 0 aromatic heterocycles. The predicted octanol–water partition coefficient (Wildman–Crippen LogP) is 4.71. The molecule has 0 radical (unpaired) electrons. The topological polar surface area (TPSA) is 56.8 Å². The molecule has 2 N–H and O–H groups in total. The second-order valence-corrected chi connectivity index (χ2v) is 9.95. The summed E-state index contributed by atoms with van der Waals surface area (Å²) in [4.78, 5) is 18.0. The average molecular weight is 499 g/mol. The van der Waals surface area contributed by atoms with Crippen LogP contribution in [0.15, 0.2) is 84.9 Å². The third kappa shape index (κ3) is 6.04. The van der Waals surface area contributed by atoms with Crippen LogP contribution in [0.5, 0.6) is 5.75 Å². The molecular formula is C31H38N4O2. The van der Waals surface area contributed by atoms with Crippen LogP contribution in [0.3, 0.4) is 0 Å². The molecule has 6 heteroatoms. The van der Waals surface area contributed by atoms with Gasteiger partial charge in [0.1, 0.15) is 11.8 Å². The molecule has 5 rings (SSSR count). The summed E-state index contributed by atoms with van der Waals surface area (Å²) in [7, 11) is 0. The van der Waals surface area contributed by atoms with Crippen molar-refractivity contribution in [1.29, 1.82) is 0 Å². The van der Waals surface area contributed by atoms with Crippen molar-refractivity contribution >= 4 is 5.91 Å². The van der Waals surface area contributed by atoms with Crippen molar-refractivity contribution in [3.8, 4) is 5.75 Å². The lowest BCUT2D eigenvalue weighted by atomic mass is 9.96. The molecule has 194 valence electrons. The predicted molar refractivity (Wildman–Crippen MR) is 147 cm³/mol. The van der Waals surface area contributed by atoms with Crippen LogP contribution in [0.4, 0.5) is 0 Å². The molecule has 0 saturated carbocycles. The number of para-hydroxylation sites is 1. The first-order valence-electron chi connectivity index (χ1n) is 13.6. The molecule has 2 saturated heterocycles. The number of rotatable bonds is 9. The van der Waals surface area contributed by atoms with Crippen molar-refractivity contribution < 1.29 is 9.53 Å². The molecule has 3 aromatic rings. The fraction of sp³-hybridized carbons (Fsp3) is 0.387. The zero-order valence-corrected chi connectivity index (χ0v) is 21.7. The second-order valence-electron chi connectivity index (χ2n) is 9.95. The summed E-state index contributed by atoms with van der Waals surface area (Å²) in [6.07, 6.45) is 2.85. The zero-order valence-electron chi connectivity index (χ0n) is 21.7. The van der Waals surface area contributed by atoms with Gasteiger partial charge in [0.2, 0.25) is 5.91 Å². The number of benzene rings is 3. The summed E-state index contributed by atoms with van der Waals surface area (Å²) in [5.74, 6) is 1.08. The lowest BCUT2D eigenvalue weighted by molar-refractivity contribution is -0.135. The summed E-state index contributed by atoms with van der Waals surface area (Å²) < 4.78 is 6.04. The Morgan fingerprint density at radius 2 is 1.49 bits per heavy atom. The number of ether oxygens (including phenoxy) is 1. The van der Waals surface area contributed by atoms with E-state index < -0.39 is 0 Å². The van der Waals surface area contributed by atoms with E-state index in [-0.39, 0.29) is 24.0 Å². The summed E-state index contributed by atoms with van der Waals surface area (Å²) in [5.41, 5.74) is 10.3. The molecule has 3 aromatic carbocycles. The van der Waals surface area contributed by atoms with Gasteiger partial charge in [-0.2, -0.15) is 0 Å². The average Bonchev–Trinajstić information content (AvgIpc) is 3.45. The Balaban J connectivity index is 1.21. The fourth-order valence-corrected chi connectivity index (χ4v) is 5.45. The molecule has 6 nitrogen and oxygen atoms in total. The van der Waals surface area contributed by atoms with Gasteiger partial charge in [0, 0.05) is 31.7 Å². The van der Waals surface area contributed by atoms with E-state index in [1.165, 1.54) is 11.1 Å². The van der Waals surface area contributed by atoms with Gasteiger partial charge >= 0.3 is 0 Å². The van der Waals surface area contributed by atoms with Crippen molar-refractivity contribution in [2.24, 2.45) is 0 Å². The normalized spacial score (nSPS) is 20.3. The van der Waals surface area contributed by atoms with Gasteiger partial charge in [0.25, 0.3) is 0 Å². The minimum atomic E-state index is -0.237. The van der Waals surface area contributed by atoms with E-state index in [4.69, 9.17) is 4.74 Å². The molecule has 2 unspecified atom stereocenters. The Morgan fingerprint density at radius 1 is 0.865 bits per heavy atom. The van der Waals surface area contributed by atoms with Crippen LogP contribution in [0.25, 0.3) is 0 Å². The van der Waals surface area contributed by atoms with E-state index in [2.05, 4.69) is 89.4 Å². The number of hydrazine groups is 1. The van der Waals surface area contributed by atoms with E-state index >= 15 is 0 Å². The van der Waals surface area contributed by atoms with Crippen molar-refractivity contribution in [3.05, 3.63) is 102 Å². The number of piperazine rings is 1. The van der Waals surface area contributed by atoms with Gasteiger partial charge in [-0.15, -0.1) is 0 Å². The highest BCUT2D eigenvalue weighted by Crippen LogP contribution is 2.32. The highest BCUT2D eigenvalue weighted by molar-refractivity contribution is 5.82. The molecule has 1 amide bonds. The smallest absolute Gasteiger partial charge is 0.241 e. The van der Waals surface area contributed by atoms with Gasteiger partial charge in [-0.3, -0.25) is 9.69 Å². The van der Waals surface area contributed by atoms with Crippen LogP contribution in [0.1, 0.15) is 55.0 Å². The molecule has 37 heavy (non-hydrogen) atoms. The second kappa shape index (κ2) is 12.4. The summed E-state index contributed by atoms with van der Waals surface area (Å²) in [6, 6.07) is 29.5. The maximum Gasteiger partial charge on any atom is 0.241 e. The molecule has 2 aliphatic rings. The molecule has 0 aliphatic carbocycles. The Morgan fingerprint density at radius 3 is 2.14 bits per heavy atom. The number of carbonyl (C=O) groups excluding carboxylic acids is 1. The molecule has 2 atom stereocenters. The van der Waals surface area contributed by atoms with Crippen molar-refractivity contribution in [3.63, 3.8) is 0 Å². The van der Waals surface area contributed by atoms with Crippen LogP contribution in [0.2, 0.25) is 0 Å². The van der Waals surface area contributed by atoms with Crippen LogP contribution >= 0.6 is 0 Å². The van der Waals surface area contributed by atoms with E-state index in [1.807, 2.05) is 23.1 Å². The molecule has 2 aliphatic heterocycles. The summed E-state index contributed by atoms with van der Waals surface area (Å²) >= 11 is 0. The lowest BCUT2D eigenvalue weighted by Gasteiger charge is -2.40. The van der Waals surface area contributed by atoms with Crippen molar-refractivity contribution in [2.75, 3.05) is 32.8 Å². The first-order chi connectivity index (χ1) is 18.2. The molecule has 2 fully saturated rings. The first-order valence-corrected chi connectivity index (χ1v) is 13.6. The Labute approximate surface area is 220 Å². The van der Waals surface area contributed by atoms with Gasteiger partial charge in [0.05, 0.1) is 18.7 Å². The first kappa shape index (κ1) is 25.5. The van der Waals surface area contributed by atoms with E-state index in [9.17, 15) is 4.79 Å². The largest absolute Gasteiger partial charge is 0.493 e. The molecule has 2 heterocycles. The Bertz CT molecular complexity index is 1090. The van der Waals surface area contributed by atoms with Gasteiger partial charge in [-0.05, 0) is 30.0 Å². The van der Waals surface area contributed by atoms with Crippen molar-refractivity contribution in [1.82, 2.24) is 20.7 Å². The number of carbonyl (C=O) groups is 1. The monoisotopic (exact) mass is 498 g/mol. The lowest BCUT2D eigenvalue weighted by Crippen LogP contribution is -2.54. The van der Waals surface area contributed by atoms with Crippen LogP contribution in [-0.2, 0) is 4.79 Å². The maximum atomic E-state index is 13.5. The highest BCUT2D eigenvalue weighted by atomic mass is 16.5. The van der Waals surface area contributed by atoms with Gasteiger partial charge in [0.15, 0.2) is 0 Å². The number of hydrogen-bond donors (Lipinski definition) is 2. The number of unbranched alkanes of at least 4 members (excludes halogenated alkanes) is 1. The zero-order chi connectivity index (χ0) is 25.5. The Hall–Kier alpha value is -3.19. The van der Waals surface area contributed by atoms with E-state index in [0.717, 1.165) is 50.3 Å². The number of nitrogens with zero attached hydrogens (tertiary/aromatic N) is 2. The quantitative estimate of drug-likeness (QED) is 0.419. The molecule has 0 spiro atoms. The van der Waals surface area contributed by atoms with E-state index in [1.54, 1.807) is 0 Å². The standard InChI is InChI=1S/C31H38N4O2/c1-2-3-22-37-29-17-11-10-16-26(29)27-23-28(33-32-27)31(36)35-20-18-34(19-21-35)30(24-12-6-4-7-13-24)25-14-8-5-9-15-25/h4-17,27-28,30,32-33H,2-3,18-23H2,1H3. The third-order valence-electron chi connectivity index (χ3n) is 7.47. The third-order valence-corrected chi connectivity index (χ3v) is 7.47. The number of amides is 1. The highest BCUT2D eigenvalue weighted by Gasteiger charge is 2.36. The van der Waals surface area contributed by atoms with Gasteiger partial charge < -0.3 is 9.64 Å². The Kier molecular flexibility index (Phi) is 8.51. The minimum Gasteiger partial charge on any atom is -0.493 e. The van der Waals surface area contributed by atoms with Crippen molar-refractivity contribution in [2.45, 2.75) is 44.3 Å². The molecular weight excluding hydrogens is 460 g/mol. The number of nitrogens with one attached hydrogen (secondary N) is 2. The van der Waals surface area contributed by atoms with Crippen LogP contribution in [-0.4, -0.2) is 54.5 Å². The maximum absolute atomic E-state index is 13.5. The van der Waals surface area contributed by atoms with Gasteiger partial charge in [-0.25, -0.2) is 10.9 Å². The summed E-state index contributed by atoms with van der Waals surface area (Å²) in [6.45, 7) is 6.03. The minimum absolute atomic E-state index is 0.0496. The van der Waals surface area contributed by atoms with Gasteiger partial charge in [-0.1, -0.05) is 92.2 Å². The SMILES string of the molecule is CCCCOc1ccccc1C1CC(C(=O)N2CCN(C(c3ccccc3)c3ccccc3)CC2)NN1.